The normalized spacial score (nSPS) is 18.5. The number of halogens is 1. The van der Waals surface area contributed by atoms with Crippen LogP contribution in [0.2, 0.25) is 0 Å². The summed E-state index contributed by atoms with van der Waals surface area (Å²) in [4.78, 5) is 13.9. The van der Waals surface area contributed by atoms with Gasteiger partial charge in [0.05, 0.1) is 13.2 Å². The van der Waals surface area contributed by atoms with Crippen molar-refractivity contribution in [3.05, 3.63) is 29.8 Å². The summed E-state index contributed by atoms with van der Waals surface area (Å²) in [6.07, 6.45) is 0.477. The molecule has 0 aromatic heterocycles. The summed E-state index contributed by atoms with van der Waals surface area (Å²) in [6.45, 7) is 4.20. The third-order valence-electron chi connectivity index (χ3n) is 3.18. The molecule has 1 aliphatic rings. The summed E-state index contributed by atoms with van der Waals surface area (Å²) in [5.74, 6) is 0.114. The van der Waals surface area contributed by atoms with E-state index in [0.717, 1.165) is 24.4 Å². The lowest BCUT2D eigenvalue weighted by Crippen LogP contribution is -2.44. The molecule has 1 amide bonds. The zero-order valence-electron chi connectivity index (χ0n) is 11.4. The molecule has 1 N–H and O–H groups in total. The van der Waals surface area contributed by atoms with Crippen molar-refractivity contribution >= 4 is 24.0 Å². The van der Waals surface area contributed by atoms with Crippen LogP contribution in [0.25, 0.3) is 0 Å². The number of hydrogen-bond acceptors (Lipinski definition) is 3. The van der Waals surface area contributed by atoms with Crippen molar-refractivity contribution in [2.45, 2.75) is 19.4 Å². The average Bonchev–Trinajstić information content (AvgIpc) is 2.39. The highest BCUT2D eigenvalue weighted by atomic mass is 35.5. The summed E-state index contributed by atoms with van der Waals surface area (Å²) in [5, 5.41) is 3.30. The number of amides is 1. The second kappa shape index (κ2) is 7.48. The first kappa shape index (κ1) is 16.0. The maximum Gasteiger partial charge on any atom is 0.228 e. The van der Waals surface area contributed by atoms with Crippen LogP contribution in [0.4, 0.5) is 5.69 Å². The van der Waals surface area contributed by atoms with Crippen LogP contribution in [-0.2, 0) is 9.53 Å². The van der Waals surface area contributed by atoms with Gasteiger partial charge < -0.3 is 15.0 Å². The Balaban J connectivity index is 0.00000180. The van der Waals surface area contributed by atoms with E-state index >= 15 is 0 Å². The summed E-state index contributed by atoms with van der Waals surface area (Å²) in [6, 6.07) is 8.10. The number of aryl methyl sites for hydroxylation is 1. The van der Waals surface area contributed by atoms with Gasteiger partial charge in [0.2, 0.25) is 5.91 Å². The lowest BCUT2D eigenvalue weighted by molar-refractivity contribution is -0.119. The molecule has 0 spiro atoms. The van der Waals surface area contributed by atoms with Crippen LogP contribution in [0.15, 0.2) is 24.3 Å². The number of nitrogens with one attached hydrogen (secondary N) is 1. The number of morpholine rings is 1. The predicted octanol–water partition coefficient (Wildman–Crippen LogP) is 1.76. The zero-order chi connectivity index (χ0) is 13.0. The number of ether oxygens (including phenoxy) is 1. The lowest BCUT2D eigenvalue weighted by atomic mass is 10.1. The van der Waals surface area contributed by atoms with E-state index < -0.39 is 0 Å². The minimum absolute atomic E-state index is 0. The first-order chi connectivity index (χ1) is 8.66. The molecule has 1 aromatic rings. The zero-order valence-corrected chi connectivity index (χ0v) is 12.2. The van der Waals surface area contributed by atoms with Gasteiger partial charge in [-0.05, 0) is 24.6 Å². The van der Waals surface area contributed by atoms with E-state index in [9.17, 15) is 4.79 Å². The first-order valence-electron chi connectivity index (χ1n) is 6.31. The molecule has 0 saturated carbocycles. The van der Waals surface area contributed by atoms with Gasteiger partial charge in [-0.15, -0.1) is 12.4 Å². The van der Waals surface area contributed by atoms with Crippen LogP contribution < -0.4 is 10.2 Å². The van der Waals surface area contributed by atoms with E-state index in [0.29, 0.717) is 13.0 Å². The van der Waals surface area contributed by atoms with Crippen LogP contribution in [0.5, 0.6) is 0 Å². The van der Waals surface area contributed by atoms with Crippen molar-refractivity contribution < 1.29 is 9.53 Å². The van der Waals surface area contributed by atoms with Crippen LogP contribution in [-0.4, -0.2) is 38.8 Å². The maximum absolute atomic E-state index is 12.2. The minimum atomic E-state index is 0. The Hall–Kier alpha value is -1.10. The predicted molar refractivity (Wildman–Crippen MR) is 79.1 cm³/mol. The van der Waals surface area contributed by atoms with Crippen LogP contribution in [0.1, 0.15) is 12.0 Å². The molecular weight excluding hydrogens is 264 g/mol. The van der Waals surface area contributed by atoms with Crippen molar-refractivity contribution in [1.82, 2.24) is 5.32 Å². The largest absolute Gasteiger partial charge is 0.378 e. The Labute approximate surface area is 120 Å². The molecule has 1 aliphatic heterocycles. The molecular formula is C14H21ClN2O2. The van der Waals surface area contributed by atoms with Crippen molar-refractivity contribution in [2.24, 2.45) is 0 Å². The smallest absolute Gasteiger partial charge is 0.228 e. The van der Waals surface area contributed by atoms with E-state index in [1.165, 1.54) is 0 Å². The van der Waals surface area contributed by atoms with Crippen molar-refractivity contribution in [3.63, 3.8) is 0 Å². The molecule has 5 heteroatoms. The Morgan fingerprint density at radius 2 is 2.32 bits per heavy atom. The molecule has 1 heterocycles. The Bertz CT molecular complexity index is 420. The Morgan fingerprint density at radius 1 is 1.53 bits per heavy atom. The molecule has 1 atom stereocenters. The maximum atomic E-state index is 12.2. The van der Waals surface area contributed by atoms with Gasteiger partial charge in [0.25, 0.3) is 0 Å². The van der Waals surface area contributed by atoms with E-state index in [-0.39, 0.29) is 24.4 Å². The van der Waals surface area contributed by atoms with Crippen LogP contribution in [0.3, 0.4) is 0 Å². The molecule has 19 heavy (non-hydrogen) atoms. The molecule has 1 unspecified atom stereocenters. The fourth-order valence-electron chi connectivity index (χ4n) is 2.08. The molecule has 1 aromatic carbocycles. The van der Waals surface area contributed by atoms with Crippen LogP contribution in [0, 0.1) is 6.92 Å². The average molecular weight is 285 g/mol. The number of hydrogen-bond donors (Lipinski definition) is 1. The molecule has 2 rings (SSSR count). The van der Waals surface area contributed by atoms with Gasteiger partial charge in [0.1, 0.15) is 0 Å². The van der Waals surface area contributed by atoms with Gasteiger partial charge in [-0.1, -0.05) is 12.1 Å². The van der Waals surface area contributed by atoms with Gasteiger partial charge >= 0.3 is 0 Å². The lowest BCUT2D eigenvalue weighted by Gasteiger charge is -2.25. The highest BCUT2D eigenvalue weighted by molar-refractivity contribution is 5.93. The number of anilines is 1. The van der Waals surface area contributed by atoms with Crippen molar-refractivity contribution in [1.29, 1.82) is 0 Å². The Morgan fingerprint density at radius 3 is 2.95 bits per heavy atom. The van der Waals surface area contributed by atoms with E-state index in [2.05, 4.69) is 5.32 Å². The third kappa shape index (κ3) is 4.49. The number of nitrogens with zero attached hydrogens (tertiary/aromatic N) is 1. The minimum Gasteiger partial charge on any atom is -0.378 e. The highest BCUT2D eigenvalue weighted by Crippen LogP contribution is 2.15. The summed E-state index contributed by atoms with van der Waals surface area (Å²) < 4.78 is 5.35. The second-order valence-electron chi connectivity index (χ2n) is 4.72. The van der Waals surface area contributed by atoms with E-state index in [4.69, 9.17) is 4.74 Å². The molecule has 0 radical (unpaired) electrons. The number of benzene rings is 1. The van der Waals surface area contributed by atoms with E-state index in [1.54, 1.807) is 4.90 Å². The van der Waals surface area contributed by atoms with Gasteiger partial charge in [-0.3, -0.25) is 4.79 Å². The van der Waals surface area contributed by atoms with Crippen molar-refractivity contribution in [2.75, 3.05) is 31.7 Å². The molecule has 0 bridgehead atoms. The topological polar surface area (TPSA) is 41.6 Å². The first-order valence-corrected chi connectivity index (χ1v) is 6.31. The quantitative estimate of drug-likeness (QED) is 0.920. The molecule has 1 saturated heterocycles. The monoisotopic (exact) mass is 284 g/mol. The van der Waals surface area contributed by atoms with Gasteiger partial charge in [-0.25, -0.2) is 0 Å². The number of carbonyl (C=O) groups excluding carboxylic acids is 1. The fourth-order valence-corrected chi connectivity index (χ4v) is 2.08. The standard InChI is InChI=1S/C14H20N2O2.ClH/c1-11-4-3-5-13(8-11)16(2)14(17)9-12-10-18-7-6-15-12;/h3-5,8,12,15H,6-7,9-10H2,1-2H3;1H. The summed E-state index contributed by atoms with van der Waals surface area (Å²) in [7, 11) is 1.82. The van der Waals surface area contributed by atoms with Crippen LogP contribution >= 0.6 is 12.4 Å². The summed E-state index contributed by atoms with van der Waals surface area (Å²) in [5.41, 5.74) is 2.10. The molecule has 106 valence electrons. The molecule has 4 nitrogen and oxygen atoms in total. The Kier molecular flexibility index (Phi) is 6.28. The molecule has 1 fully saturated rings. The third-order valence-corrected chi connectivity index (χ3v) is 3.18. The van der Waals surface area contributed by atoms with Crippen molar-refractivity contribution in [3.8, 4) is 0 Å². The SMILES string of the molecule is Cc1cccc(N(C)C(=O)CC2COCCN2)c1.Cl. The number of carbonyl (C=O) groups is 1. The summed E-state index contributed by atoms with van der Waals surface area (Å²) >= 11 is 0. The van der Waals surface area contributed by atoms with Gasteiger partial charge in [-0.2, -0.15) is 0 Å². The van der Waals surface area contributed by atoms with E-state index in [1.807, 2.05) is 38.2 Å². The van der Waals surface area contributed by atoms with Gasteiger partial charge in [0, 0.05) is 31.7 Å². The fraction of sp³-hybridized carbons (Fsp3) is 0.500. The number of rotatable bonds is 3. The highest BCUT2D eigenvalue weighted by Gasteiger charge is 2.19. The van der Waals surface area contributed by atoms with Gasteiger partial charge in [0.15, 0.2) is 0 Å². The molecule has 0 aliphatic carbocycles. The second-order valence-corrected chi connectivity index (χ2v) is 4.72.